The highest BCUT2D eigenvalue weighted by molar-refractivity contribution is 5.91. The molecule has 2 aromatic carbocycles. The molecule has 21 heavy (non-hydrogen) atoms. The second-order valence-corrected chi connectivity index (χ2v) is 5.38. The van der Waals surface area contributed by atoms with Gasteiger partial charge in [-0.2, -0.15) is 0 Å². The second-order valence-electron chi connectivity index (χ2n) is 5.38. The topological polar surface area (TPSA) is 17.1 Å². The van der Waals surface area contributed by atoms with Crippen LogP contribution in [0.5, 0.6) is 0 Å². The highest BCUT2D eigenvalue weighted by atomic mass is 19.1. The fourth-order valence-electron chi connectivity index (χ4n) is 2.93. The zero-order chi connectivity index (χ0) is 15.3. The van der Waals surface area contributed by atoms with Crippen molar-refractivity contribution in [3.63, 3.8) is 0 Å². The molecule has 0 spiro atoms. The molecular weight excluding hydrogens is 263 g/mol. The van der Waals surface area contributed by atoms with Crippen LogP contribution in [0.1, 0.15) is 37.8 Å². The molecule has 0 fully saturated rings. The highest BCUT2D eigenvalue weighted by Gasteiger charge is 2.35. The van der Waals surface area contributed by atoms with E-state index in [9.17, 15) is 9.18 Å². The molecule has 0 unspecified atom stereocenters. The zero-order valence-electron chi connectivity index (χ0n) is 12.6. The molecule has 0 atom stereocenters. The van der Waals surface area contributed by atoms with Gasteiger partial charge in [-0.1, -0.05) is 56.3 Å². The van der Waals surface area contributed by atoms with Crippen molar-refractivity contribution in [3.05, 3.63) is 71.5 Å². The summed E-state index contributed by atoms with van der Waals surface area (Å²) in [5.41, 5.74) is 1.49. The molecular formula is C19H21FO. The summed E-state index contributed by atoms with van der Waals surface area (Å²) in [7, 11) is 0. The van der Waals surface area contributed by atoms with Crippen LogP contribution >= 0.6 is 0 Å². The molecule has 0 saturated heterocycles. The predicted octanol–water partition coefficient (Wildman–Crippen LogP) is 4.70. The van der Waals surface area contributed by atoms with Crippen LogP contribution in [-0.4, -0.2) is 5.78 Å². The summed E-state index contributed by atoms with van der Waals surface area (Å²) in [6.45, 7) is 4.11. The van der Waals surface area contributed by atoms with Crippen molar-refractivity contribution in [2.45, 2.75) is 38.5 Å². The first-order valence-electron chi connectivity index (χ1n) is 7.45. The van der Waals surface area contributed by atoms with E-state index in [-0.39, 0.29) is 11.6 Å². The maximum absolute atomic E-state index is 13.0. The second kappa shape index (κ2) is 6.66. The number of carbonyl (C=O) groups excluding carboxylic acids is 1. The van der Waals surface area contributed by atoms with Crippen LogP contribution in [0.2, 0.25) is 0 Å². The number of benzene rings is 2. The molecule has 2 heteroatoms. The normalized spacial score (nSPS) is 11.4. The van der Waals surface area contributed by atoms with Crippen molar-refractivity contribution >= 4 is 5.78 Å². The molecule has 0 aliphatic carbocycles. The van der Waals surface area contributed by atoms with Crippen LogP contribution in [-0.2, 0) is 16.6 Å². The molecule has 0 N–H and O–H groups in total. The van der Waals surface area contributed by atoms with Gasteiger partial charge in [0.15, 0.2) is 0 Å². The van der Waals surface area contributed by atoms with E-state index < -0.39 is 5.41 Å². The Morgan fingerprint density at radius 2 is 1.52 bits per heavy atom. The Bertz CT molecular complexity index is 583. The van der Waals surface area contributed by atoms with Crippen molar-refractivity contribution in [1.82, 2.24) is 0 Å². The smallest absolute Gasteiger partial charge is 0.147 e. The molecule has 2 aromatic rings. The van der Waals surface area contributed by atoms with Crippen LogP contribution < -0.4 is 0 Å². The Morgan fingerprint density at radius 3 is 2.05 bits per heavy atom. The van der Waals surface area contributed by atoms with Gasteiger partial charge in [0.05, 0.1) is 5.41 Å². The van der Waals surface area contributed by atoms with Gasteiger partial charge < -0.3 is 0 Å². The number of hydrogen-bond acceptors (Lipinski definition) is 1. The van der Waals surface area contributed by atoms with Gasteiger partial charge in [0, 0.05) is 6.42 Å². The minimum absolute atomic E-state index is 0.199. The van der Waals surface area contributed by atoms with Crippen LogP contribution in [0.3, 0.4) is 0 Å². The molecule has 110 valence electrons. The van der Waals surface area contributed by atoms with Gasteiger partial charge in [-0.3, -0.25) is 4.79 Å². The van der Waals surface area contributed by atoms with Crippen molar-refractivity contribution in [1.29, 1.82) is 0 Å². The first kappa shape index (κ1) is 15.4. The van der Waals surface area contributed by atoms with E-state index >= 15 is 0 Å². The van der Waals surface area contributed by atoms with Crippen molar-refractivity contribution in [2.24, 2.45) is 0 Å². The van der Waals surface area contributed by atoms with E-state index in [2.05, 4.69) is 13.8 Å². The number of halogens is 1. The molecule has 1 nitrogen and oxygen atoms in total. The number of hydrogen-bond donors (Lipinski definition) is 0. The van der Waals surface area contributed by atoms with Crippen LogP contribution in [0.4, 0.5) is 4.39 Å². The maximum atomic E-state index is 13.0. The molecule has 0 bridgehead atoms. The van der Waals surface area contributed by atoms with Crippen molar-refractivity contribution in [2.75, 3.05) is 0 Å². The lowest BCUT2D eigenvalue weighted by Crippen LogP contribution is -2.36. The largest absolute Gasteiger partial charge is 0.298 e. The SMILES string of the molecule is CCC(CC)(C(=O)Cc1ccc(F)cc1)c1ccccc1. The minimum atomic E-state index is -0.449. The third-order valence-corrected chi connectivity index (χ3v) is 4.35. The van der Waals surface area contributed by atoms with Gasteiger partial charge in [0.1, 0.15) is 11.6 Å². The first-order chi connectivity index (χ1) is 10.1. The van der Waals surface area contributed by atoms with Crippen molar-refractivity contribution in [3.8, 4) is 0 Å². The molecule has 0 aliphatic heterocycles. The maximum Gasteiger partial charge on any atom is 0.147 e. The number of Topliss-reactive ketones (excluding diaryl/α,β-unsaturated/α-hetero) is 1. The van der Waals surface area contributed by atoms with E-state index in [0.29, 0.717) is 6.42 Å². The average molecular weight is 284 g/mol. The molecule has 0 heterocycles. The molecule has 2 rings (SSSR count). The molecule has 0 aromatic heterocycles. The fraction of sp³-hybridized carbons (Fsp3) is 0.316. The highest BCUT2D eigenvalue weighted by Crippen LogP contribution is 2.33. The summed E-state index contributed by atoms with van der Waals surface area (Å²) in [5, 5.41) is 0. The Hall–Kier alpha value is -1.96. The summed E-state index contributed by atoms with van der Waals surface area (Å²) in [6, 6.07) is 16.1. The zero-order valence-corrected chi connectivity index (χ0v) is 12.6. The van der Waals surface area contributed by atoms with Gasteiger partial charge in [-0.15, -0.1) is 0 Å². The third-order valence-electron chi connectivity index (χ3n) is 4.35. The molecule has 0 amide bonds. The number of rotatable bonds is 6. The number of ketones is 1. The van der Waals surface area contributed by atoms with Gasteiger partial charge in [0.25, 0.3) is 0 Å². The lowest BCUT2D eigenvalue weighted by molar-refractivity contribution is -0.124. The lowest BCUT2D eigenvalue weighted by atomic mass is 9.71. The Balaban J connectivity index is 2.30. The third kappa shape index (κ3) is 3.21. The summed E-state index contributed by atoms with van der Waals surface area (Å²) in [6.07, 6.45) is 1.89. The van der Waals surface area contributed by atoms with Crippen LogP contribution in [0, 0.1) is 5.82 Å². The summed E-state index contributed by atoms with van der Waals surface area (Å²) in [5.74, 6) is -0.0724. The summed E-state index contributed by atoms with van der Waals surface area (Å²) in [4.78, 5) is 12.9. The van der Waals surface area contributed by atoms with Gasteiger partial charge in [0.2, 0.25) is 0 Å². The summed E-state index contributed by atoms with van der Waals surface area (Å²) >= 11 is 0. The molecule has 0 aliphatic rings. The summed E-state index contributed by atoms with van der Waals surface area (Å²) < 4.78 is 13.0. The lowest BCUT2D eigenvalue weighted by Gasteiger charge is -2.31. The van der Waals surface area contributed by atoms with Crippen molar-refractivity contribution < 1.29 is 9.18 Å². The Kier molecular flexibility index (Phi) is 4.89. The number of carbonyl (C=O) groups is 1. The monoisotopic (exact) mass is 284 g/mol. The van der Waals surface area contributed by atoms with Gasteiger partial charge >= 0.3 is 0 Å². The predicted molar refractivity (Wildman–Crippen MR) is 83.8 cm³/mol. The molecule has 0 radical (unpaired) electrons. The quantitative estimate of drug-likeness (QED) is 0.751. The van der Waals surface area contributed by atoms with Gasteiger partial charge in [-0.05, 0) is 36.1 Å². The Labute approximate surface area is 125 Å². The Morgan fingerprint density at radius 1 is 0.952 bits per heavy atom. The fourth-order valence-corrected chi connectivity index (χ4v) is 2.93. The van der Waals surface area contributed by atoms with E-state index in [1.165, 1.54) is 12.1 Å². The molecule has 0 saturated carbocycles. The van der Waals surface area contributed by atoms with Crippen LogP contribution in [0.25, 0.3) is 0 Å². The standard InChI is InChI=1S/C19H21FO/c1-3-19(4-2,16-8-6-5-7-9-16)18(21)14-15-10-12-17(20)13-11-15/h5-13H,3-4,14H2,1-2H3. The van der Waals surface area contributed by atoms with E-state index in [1.54, 1.807) is 12.1 Å². The van der Waals surface area contributed by atoms with E-state index in [0.717, 1.165) is 24.0 Å². The van der Waals surface area contributed by atoms with E-state index in [1.807, 2.05) is 30.3 Å². The van der Waals surface area contributed by atoms with Gasteiger partial charge in [-0.25, -0.2) is 4.39 Å². The van der Waals surface area contributed by atoms with Crippen LogP contribution in [0.15, 0.2) is 54.6 Å². The average Bonchev–Trinajstić information content (AvgIpc) is 2.52. The minimum Gasteiger partial charge on any atom is -0.298 e. The van der Waals surface area contributed by atoms with E-state index in [4.69, 9.17) is 0 Å². The first-order valence-corrected chi connectivity index (χ1v) is 7.45.